The third-order valence-corrected chi connectivity index (χ3v) is 5.59. The highest BCUT2D eigenvalue weighted by molar-refractivity contribution is 8.00. The molecule has 1 atom stereocenters. The summed E-state index contributed by atoms with van der Waals surface area (Å²) in [5, 5.41) is 11.7. The molecular formula is C21H23FN4O2S. The van der Waals surface area contributed by atoms with Crippen LogP contribution in [0.25, 0.3) is 11.4 Å². The van der Waals surface area contributed by atoms with Gasteiger partial charge in [-0.1, -0.05) is 23.9 Å². The van der Waals surface area contributed by atoms with Crippen molar-refractivity contribution in [2.75, 3.05) is 13.7 Å². The summed E-state index contributed by atoms with van der Waals surface area (Å²) in [5.74, 6) is 1.15. The number of methoxy groups -OCH3 is 1. The van der Waals surface area contributed by atoms with E-state index in [0.717, 1.165) is 22.7 Å². The maximum Gasteiger partial charge on any atom is 0.233 e. The van der Waals surface area contributed by atoms with Gasteiger partial charge in [0.25, 0.3) is 0 Å². The molecule has 1 N–H and O–H groups in total. The molecule has 152 valence electrons. The SMILES string of the molecule is COc1ccc(-c2nnc(S[C@@H](C)C(=O)NCCc3ccc(F)cc3)n2C)cc1. The van der Waals surface area contributed by atoms with Crippen LogP contribution < -0.4 is 10.1 Å². The molecule has 0 fully saturated rings. The number of halogens is 1. The summed E-state index contributed by atoms with van der Waals surface area (Å²) in [6.45, 7) is 2.32. The largest absolute Gasteiger partial charge is 0.497 e. The minimum absolute atomic E-state index is 0.0777. The standard InChI is InChI=1S/C21H23FN4O2S/c1-14(20(27)23-13-12-15-4-8-17(22)9-5-15)29-21-25-24-19(26(21)2)16-6-10-18(28-3)11-7-16/h4-11,14H,12-13H2,1-3H3,(H,23,27)/t14-/m0/s1. The summed E-state index contributed by atoms with van der Waals surface area (Å²) in [6, 6.07) is 13.9. The molecule has 0 bridgehead atoms. The number of rotatable bonds is 8. The van der Waals surface area contributed by atoms with Gasteiger partial charge in [0.2, 0.25) is 5.91 Å². The van der Waals surface area contributed by atoms with E-state index in [0.29, 0.717) is 18.1 Å². The van der Waals surface area contributed by atoms with E-state index in [1.807, 2.05) is 42.8 Å². The first kappa shape index (κ1) is 20.9. The van der Waals surface area contributed by atoms with Crippen molar-refractivity contribution in [3.05, 3.63) is 59.9 Å². The van der Waals surface area contributed by atoms with Crippen LogP contribution in [0.5, 0.6) is 5.75 Å². The van der Waals surface area contributed by atoms with Gasteiger partial charge in [0, 0.05) is 19.2 Å². The highest BCUT2D eigenvalue weighted by Gasteiger charge is 2.19. The normalized spacial score (nSPS) is 11.9. The summed E-state index contributed by atoms with van der Waals surface area (Å²) in [5.41, 5.74) is 1.90. The Bertz CT molecular complexity index is 958. The third-order valence-electron chi connectivity index (χ3n) is 4.46. The minimum Gasteiger partial charge on any atom is -0.497 e. The van der Waals surface area contributed by atoms with Gasteiger partial charge in [-0.25, -0.2) is 4.39 Å². The number of ether oxygens (including phenoxy) is 1. The van der Waals surface area contributed by atoms with Gasteiger partial charge in [0.1, 0.15) is 11.6 Å². The number of benzene rings is 2. The zero-order valence-electron chi connectivity index (χ0n) is 16.6. The van der Waals surface area contributed by atoms with Gasteiger partial charge in [-0.05, 0) is 55.3 Å². The van der Waals surface area contributed by atoms with Crippen molar-refractivity contribution in [2.24, 2.45) is 7.05 Å². The highest BCUT2D eigenvalue weighted by atomic mass is 32.2. The van der Waals surface area contributed by atoms with E-state index in [9.17, 15) is 9.18 Å². The number of carbonyl (C=O) groups is 1. The van der Waals surface area contributed by atoms with Crippen molar-refractivity contribution in [1.29, 1.82) is 0 Å². The Morgan fingerprint density at radius 2 is 1.86 bits per heavy atom. The monoisotopic (exact) mass is 414 g/mol. The van der Waals surface area contributed by atoms with Gasteiger partial charge in [0.15, 0.2) is 11.0 Å². The van der Waals surface area contributed by atoms with E-state index in [2.05, 4.69) is 15.5 Å². The van der Waals surface area contributed by atoms with Gasteiger partial charge >= 0.3 is 0 Å². The van der Waals surface area contributed by atoms with E-state index in [1.54, 1.807) is 19.2 Å². The fourth-order valence-corrected chi connectivity index (χ4v) is 3.58. The Hall–Kier alpha value is -2.87. The van der Waals surface area contributed by atoms with Gasteiger partial charge in [-0.2, -0.15) is 0 Å². The quantitative estimate of drug-likeness (QED) is 0.572. The first-order valence-electron chi connectivity index (χ1n) is 9.20. The van der Waals surface area contributed by atoms with Crippen LogP contribution >= 0.6 is 11.8 Å². The highest BCUT2D eigenvalue weighted by Crippen LogP contribution is 2.26. The Morgan fingerprint density at radius 1 is 1.17 bits per heavy atom. The second-order valence-electron chi connectivity index (χ2n) is 6.52. The second kappa shape index (κ2) is 9.56. The Labute approximate surface area is 173 Å². The third kappa shape index (κ3) is 5.35. The van der Waals surface area contributed by atoms with Gasteiger partial charge in [0.05, 0.1) is 12.4 Å². The molecule has 29 heavy (non-hydrogen) atoms. The molecule has 0 saturated heterocycles. The molecule has 0 unspecified atom stereocenters. The van der Waals surface area contributed by atoms with E-state index in [1.165, 1.54) is 23.9 Å². The molecule has 3 rings (SSSR count). The predicted molar refractivity (Wildman–Crippen MR) is 111 cm³/mol. The average molecular weight is 415 g/mol. The van der Waals surface area contributed by atoms with Crippen molar-refractivity contribution in [2.45, 2.75) is 23.8 Å². The van der Waals surface area contributed by atoms with Crippen LogP contribution in [-0.4, -0.2) is 39.6 Å². The van der Waals surface area contributed by atoms with Crippen LogP contribution in [0.3, 0.4) is 0 Å². The van der Waals surface area contributed by atoms with E-state index in [4.69, 9.17) is 4.74 Å². The predicted octanol–water partition coefficient (Wildman–Crippen LogP) is 3.47. The minimum atomic E-state index is -0.324. The average Bonchev–Trinajstić information content (AvgIpc) is 3.09. The molecule has 3 aromatic rings. The molecule has 8 heteroatoms. The maximum atomic E-state index is 12.9. The molecule has 0 spiro atoms. The Balaban J connectivity index is 1.55. The van der Waals surface area contributed by atoms with Crippen LogP contribution in [0.1, 0.15) is 12.5 Å². The van der Waals surface area contributed by atoms with Crippen LogP contribution in [0.15, 0.2) is 53.7 Å². The number of thioether (sulfide) groups is 1. The fraction of sp³-hybridized carbons (Fsp3) is 0.286. The van der Waals surface area contributed by atoms with Gasteiger partial charge in [-0.15, -0.1) is 10.2 Å². The number of hydrogen-bond acceptors (Lipinski definition) is 5. The molecule has 2 aromatic carbocycles. The number of nitrogens with one attached hydrogen (secondary N) is 1. The Kier molecular flexibility index (Phi) is 6.87. The zero-order valence-corrected chi connectivity index (χ0v) is 17.4. The lowest BCUT2D eigenvalue weighted by molar-refractivity contribution is -0.120. The number of aromatic nitrogens is 3. The number of nitrogens with zero attached hydrogens (tertiary/aromatic N) is 3. The molecule has 0 aliphatic rings. The smallest absolute Gasteiger partial charge is 0.233 e. The van der Waals surface area contributed by atoms with E-state index >= 15 is 0 Å². The number of carbonyl (C=O) groups excluding carboxylic acids is 1. The number of amides is 1. The van der Waals surface area contributed by atoms with Gasteiger partial charge < -0.3 is 14.6 Å². The lowest BCUT2D eigenvalue weighted by Crippen LogP contribution is -2.32. The molecule has 1 aromatic heterocycles. The number of hydrogen-bond donors (Lipinski definition) is 1. The molecule has 0 radical (unpaired) electrons. The lowest BCUT2D eigenvalue weighted by atomic mass is 10.1. The first-order valence-corrected chi connectivity index (χ1v) is 10.1. The van der Waals surface area contributed by atoms with Crippen LogP contribution in [0.2, 0.25) is 0 Å². The Morgan fingerprint density at radius 3 is 2.52 bits per heavy atom. The fourth-order valence-electron chi connectivity index (χ4n) is 2.75. The summed E-state index contributed by atoms with van der Waals surface area (Å²) >= 11 is 1.35. The van der Waals surface area contributed by atoms with Crippen LogP contribution in [-0.2, 0) is 18.3 Å². The van der Waals surface area contributed by atoms with Crippen molar-refractivity contribution >= 4 is 17.7 Å². The molecule has 0 aliphatic carbocycles. The van der Waals surface area contributed by atoms with Crippen molar-refractivity contribution in [3.63, 3.8) is 0 Å². The lowest BCUT2D eigenvalue weighted by Gasteiger charge is -2.12. The molecular weight excluding hydrogens is 391 g/mol. The van der Waals surface area contributed by atoms with E-state index < -0.39 is 0 Å². The summed E-state index contributed by atoms with van der Waals surface area (Å²) in [4.78, 5) is 12.4. The van der Waals surface area contributed by atoms with Crippen molar-refractivity contribution < 1.29 is 13.9 Å². The van der Waals surface area contributed by atoms with Crippen LogP contribution in [0.4, 0.5) is 4.39 Å². The first-order chi connectivity index (χ1) is 14.0. The second-order valence-corrected chi connectivity index (χ2v) is 7.83. The van der Waals surface area contributed by atoms with Crippen LogP contribution in [0, 0.1) is 5.82 Å². The topological polar surface area (TPSA) is 69.0 Å². The van der Waals surface area contributed by atoms with E-state index in [-0.39, 0.29) is 17.0 Å². The summed E-state index contributed by atoms with van der Waals surface area (Å²) in [6.07, 6.45) is 0.648. The zero-order chi connectivity index (χ0) is 20.8. The summed E-state index contributed by atoms with van der Waals surface area (Å²) in [7, 11) is 3.50. The molecule has 0 saturated carbocycles. The maximum absolute atomic E-state index is 12.9. The van der Waals surface area contributed by atoms with Crippen molar-refractivity contribution in [3.8, 4) is 17.1 Å². The molecule has 1 heterocycles. The molecule has 6 nitrogen and oxygen atoms in total. The summed E-state index contributed by atoms with van der Waals surface area (Å²) < 4.78 is 20.0. The molecule has 1 amide bonds. The molecule has 0 aliphatic heterocycles. The van der Waals surface area contributed by atoms with Gasteiger partial charge in [-0.3, -0.25) is 4.79 Å². The van der Waals surface area contributed by atoms with Crippen molar-refractivity contribution in [1.82, 2.24) is 20.1 Å².